The van der Waals surface area contributed by atoms with Crippen molar-refractivity contribution in [2.45, 2.75) is 45.3 Å². The van der Waals surface area contributed by atoms with Crippen LogP contribution in [0.25, 0.3) is 0 Å². The fourth-order valence-electron chi connectivity index (χ4n) is 4.26. The van der Waals surface area contributed by atoms with Crippen molar-refractivity contribution < 1.29 is 14.0 Å². The molecule has 1 saturated heterocycles. The molecular weight excluding hydrogens is 427 g/mol. The number of carbonyl (C=O) groups is 2. The molecule has 32 heavy (non-hydrogen) atoms. The molecule has 3 rings (SSSR count). The first-order valence-corrected chi connectivity index (χ1v) is 12.1. The molecule has 2 aromatic rings. The SMILES string of the molecule is CC(C)CN(Cc1cccs1)C1CCN(C(=O)c2ccc(F)cc2)[C@@H](C(=O)NCCN)C1. The molecule has 1 aromatic heterocycles. The number of hydrogen-bond donors (Lipinski definition) is 2. The number of nitrogens with one attached hydrogen (secondary N) is 1. The Morgan fingerprint density at radius 2 is 2.03 bits per heavy atom. The number of thiophene rings is 1. The Balaban J connectivity index is 1.81. The van der Waals surface area contributed by atoms with Crippen LogP contribution in [0.1, 0.15) is 41.9 Å². The number of amides is 2. The highest BCUT2D eigenvalue weighted by Gasteiger charge is 2.38. The molecule has 1 unspecified atom stereocenters. The summed E-state index contributed by atoms with van der Waals surface area (Å²) < 4.78 is 13.3. The summed E-state index contributed by atoms with van der Waals surface area (Å²) in [6.45, 7) is 7.32. The number of nitrogens with zero attached hydrogens (tertiary/aromatic N) is 2. The number of rotatable bonds is 9. The lowest BCUT2D eigenvalue weighted by Gasteiger charge is -2.43. The number of carbonyl (C=O) groups excluding carboxylic acids is 2. The van der Waals surface area contributed by atoms with Gasteiger partial charge in [-0.05, 0) is 54.5 Å². The van der Waals surface area contributed by atoms with E-state index in [2.05, 4.69) is 41.6 Å². The van der Waals surface area contributed by atoms with E-state index in [1.165, 1.54) is 29.1 Å². The summed E-state index contributed by atoms with van der Waals surface area (Å²) in [7, 11) is 0. The lowest BCUT2D eigenvalue weighted by Crippen LogP contribution is -2.57. The minimum Gasteiger partial charge on any atom is -0.353 e. The van der Waals surface area contributed by atoms with Crippen molar-refractivity contribution in [3.8, 4) is 0 Å². The highest BCUT2D eigenvalue weighted by Crippen LogP contribution is 2.27. The van der Waals surface area contributed by atoms with E-state index in [0.29, 0.717) is 37.5 Å². The van der Waals surface area contributed by atoms with E-state index < -0.39 is 11.9 Å². The van der Waals surface area contributed by atoms with Gasteiger partial charge in [0.25, 0.3) is 5.91 Å². The van der Waals surface area contributed by atoms with Gasteiger partial charge in [-0.1, -0.05) is 19.9 Å². The van der Waals surface area contributed by atoms with E-state index >= 15 is 0 Å². The maximum absolute atomic E-state index is 13.3. The van der Waals surface area contributed by atoms with Crippen molar-refractivity contribution in [2.75, 3.05) is 26.2 Å². The predicted molar refractivity (Wildman–Crippen MR) is 126 cm³/mol. The van der Waals surface area contributed by atoms with E-state index in [-0.39, 0.29) is 17.9 Å². The van der Waals surface area contributed by atoms with Crippen molar-refractivity contribution in [2.24, 2.45) is 11.7 Å². The van der Waals surface area contributed by atoms with Gasteiger partial charge in [0.2, 0.25) is 5.91 Å². The molecule has 6 nitrogen and oxygen atoms in total. The standard InChI is InChI=1S/C24H33FN4O2S/c1-17(2)15-28(16-21-4-3-13-32-21)20-9-12-29(22(14-20)23(30)27-11-10-26)24(31)18-5-7-19(25)8-6-18/h3-8,13,17,20,22H,9-12,14-16,26H2,1-2H3,(H,27,30)/t20?,22-/m1/s1. The molecule has 8 heteroatoms. The van der Waals surface area contributed by atoms with Crippen LogP contribution >= 0.6 is 11.3 Å². The minimum absolute atomic E-state index is 0.184. The molecular formula is C24H33FN4O2S. The monoisotopic (exact) mass is 460 g/mol. The van der Waals surface area contributed by atoms with E-state index in [9.17, 15) is 14.0 Å². The first kappa shape index (κ1) is 24.4. The van der Waals surface area contributed by atoms with Crippen LogP contribution in [0.2, 0.25) is 0 Å². The van der Waals surface area contributed by atoms with Crippen molar-refractivity contribution in [3.05, 3.63) is 58.0 Å². The summed E-state index contributed by atoms with van der Waals surface area (Å²) in [5.74, 6) is -0.338. The quantitative estimate of drug-likeness (QED) is 0.603. The molecule has 0 bridgehead atoms. The van der Waals surface area contributed by atoms with Crippen LogP contribution < -0.4 is 11.1 Å². The number of nitrogens with two attached hydrogens (primary N) is 1. The topological polar surface area (TPSA) is 78.7 Å². The van der Waals surface area contributed by atoms with Crippen LogP contribution in [0, 0.1) is 11.7 Å². The van der Waals surface area contributed by atoms with Crippen LogP contribution in [0.3, 0.4) is 0 Å². The van der Waals surface area contributed by atoms with Crippen molar-refractivity contribution in [1.82, 2.24) is 15.1 Å². The zero-order valence-corrected chi connectivity index (χ0v) is 19.6. The zero-order valence-electron chi connectivity index (χ0n) is 18.8. The molecule has 3 N–H and O–H groups in total. The van der Waals surface area contributed by atoms with Gasteiger partial charge in [0, 0.05) is 49.2 Å². The van der Waals surface area contributed by atoms with Crippen LogP contribution in [0.5, 0.6) is 0 Å². The van der Waals surface area contributed by atoms with Crippen LogP contribution in [0.15, 0.2) is 41.8 Å². The van der Waals surface area contributed by atoms with Gasteiger partial charge in [0.15, 0.2) is 0 Å². The number of hydrogen-bond acceptors (Lipinski definition) is 5. The van der Waals surface area contributed by atoms with E-state index in [4.69, 9.17) is 5.73 Å². The molecule has 2 heterocycles. The van der Waals surface area contributed by atoms with Crippen molar-refractivity contribution in [1.29, 1.82) is 0 Å². The number of likely N-dealkylation sites (tertiary alicyclic amines) is 1. The third kappa shape index (κ3) is 6.37. The fraction of sp³-hybridized carbons (Fsp3) is 0.500. The summed E-state index contributed by atoms with van der Waals surface area (Å²) in [6, 6.07) is 9.28. The third-order valence-corrected chi connectivity index (χ3v) is 6.59. The number of halogens is 1. The molecule has 1 aromatic carbocycles. The fourth-order valence-corrected chi connectivity index (χ4v) is 4.99. The molecule has 2 atom stereocenters. The molecule has 174 valence electrons. The van der Waals surface area contributed by atoms with Gasteiger partial charge < -0.3 is 16.0 Å². The van der Waals surface area contributed by atoms with Crippen molar-refractivity contribution in [3.63, 3.8) is 0 Å². The second-order valence-corrected chi connectivity index (χ2v) is 9.71. The van der Waals surface area contributed by atoms with E-state index in [0.717, 1.165) is 19.5 Å². The third-order valence-electron chi connectivity index (χ3n) is 5.73. The average Bonchev–Trinajstić information content (AvgIpc) is 3.29. The van der Waals surface area contributed by atoms with Crippen LogP contribution in [-0.2, 0) is 11.3 Å². The molecule has 1 aliphatic rings. The zero-order chi connectivity index (χ0) is 23.1. The lowest BCUT2D eigenvalue weighted by atomic mass is 9.93. The first-order valence-electron chi connectivity index (χ1n) is 11.2. The predicted octanol–water partition coefficient (Wildman–Crippen LogP) is 3.09. The maximum Gasteiger partial charge on any atom is 0.254 e. The van der Waals surface area contributed by atoms with Gasteiger partial charge >= 0.3 is 0 Å². The van der Waals surface area contributed by atoms with Gasteiger partial charge in [0.1, 0.15) is 11.9 Å². The molecule has 0 saturated carbocycles. The summed E-state index contributed by atoms with van der Waals surface area (Å²) in [5, 5.41) is 4.94. The normalized spacial score (nSPS) is 18.9. The number of benzene rings is 1. The van der Waals surface area contributed by atoms with Crippen LogP contribution in [0.4, 0.5) is 4.39 Å². The highest BCUT2D eigenvalue weighted by atomic mass is 32.1. The Morgan fingerprint density at radius 1 is 1.28 bits per heavy atom. The largest absolute Gasteiger partial charge is 0.353 e. The van der Waals surface area contributed by atoms with Gasteiger partial charge in [-0.15, -0.1) is 11.3 Å². The molecule has 0 spiro atoms. The summed E-state index contributed by atoms with van der Waals surface area (Å²) in [4.78, 5) is 31.6. The Bertz CT molecular complexity index is 873. The van der Waals surface area contributed by atoms with Gasteiger partial charge in [-0.2, -0.15) is 0 Å². The Labute approximate surface area is 193 Å². The Hall–Kier alpha value is -2.29. The highest BCUT2D eigenvalue weighted by molar-refractivity contribution is 7.09. The Kier molecular flexibility index (Phi) is 8.78. The van der Waals surface area contributed by atoms with E-state index in [1.807, 2.05) is 0 Å². The van der Waals surface area contributed by atoms with Gasteiger partial charge in [-0.25, -0.2) is 4.39 Å². The molecule has 2 amide bonds. The summed E-state index contributed by atoms with van der Waals surface area (Å²) >= 11 is 1.73. The summed E-state index contributed by atoms with van der Waals surface area (Å²) in [6.07, 6.45) is 1.34. The Morgan fingerprint density at radius 3 is 2.66 bits per heavy atom. The first-order chi connectivity index (χ1) is 15.4. The van der Waals surface area contributed by atoms with Crippen LogP contribution in [-0.4, -0.2) is 59.9 Å². The molecule has 1 fully saturated rings. The summed E-state index contributed by atoms with van der Waals surface area (Å²) in [5.41, 5.74) is 5.96. The second-order valence-electron chi connectivity index (χ2n) is 8.68. The van der Waals surface area contributed by atoms with Gasteiger partial charge in [-0.3, -0.25) is 14.5 Å². The second kappa shape index (κ2) is 11.5. The van der Waals surface area contributed by atoms with Gasteiger partial charge in [0.05, 0.1) is 0 Å². The smallest absolute Gasteiger partial charge is 0.254 e. The molecule has 1 aliphatic heterocycles. The minimum atomic E-state index is -0.587. The van der Waals surface area contributed by atoms with E-state index in [1.54, 1.807) is 16.2 Å². The average molecular weight is 461 g/mol. The number of piperidine rings is 1. The molecule has 0 radical (unpaired) electrons. The lowest BCUT2D eigenvalue weighted by molar-refractivity contribution is -0.127. The van der Waals surface area contributed by atoms with Crippen molar-refractivity contribution >= 4 is 23.2 Å². The maximum atomic E-state index is 13.3. The molecule has 0 aliphatic carbocycles.